The molecule has 0 unspecified atom stereocenters. The van der Waals surface area contributed by atoms with E-state index in [9.17, 15) is 0 Å². The summed E-state index contributed by atoms with van der Waals surface area (Å²) in [5, 5.41) is 3.37. The van der Waals surface area contributed by atoms with Crippen LogP contribution in [-0.4, -0.2) is 9.72 Å². The molecular weight excluding hydrogens is 595 g/mol. The lowest BCUT2D eigenvalue weighted by molar-refractivity contribution is 0.571. The minimum Gasteiger partial charge on any atom is -0.455 e. The Hall–Kier alpha value is -2.33. The van der Waals surface area contributed by atoms with Crippen LogP contribution < -0.4 is 9.83 Å². The summed E-state index contributed by atoms with van der Waals surface area (Å²) < 4.78 is 16.9. The number of nitrogens with zero attached hydrogens (tertiary/aromatic N) is 2. The molecule has 4 aromatic carbocycles. The molecule has 0 aliphatic rings. The van der Waals surface area contributed by atoms with Crippen LogP contribution in [0.25, 0.3) is 21.8 Å². The normalized spacial score (nSPS) is 13.6. The molecular formula is C30H29Br2N2OP. The number of para-hydroxylation sites is 1. The Labute approximate surface area is 229 Å². The predicted molar refractivity (Wildman–Crippen MR) is 162 cm³/mol. The number of hydrogen-bond acceptors (Lipinski definition) is 2. The lowest BCUT2D eigenvalue weighted by atomic mass is 10.1. The maximum Gasteiger partial charge on any atom is 0.173 e. The Morgan fingerprint density at radius 2 is 1.39 bits per heavy atom. The molecule has 0 aliphatic heterocycles. The number of rotatable bonds is 5. The SMILES string of the molecule is CCn1c2ccccc2c2cc([P@@](=Nc3ccc(Br)cc3)(Oc3ccc(Br)cc3)C(C)(C)C)ccc21. The molecule has 3 nitrogen and oxygen atoms in total. The van der Waals surface area contributed by atoms with Gasteiger partial charge in [-0.15, -0.1) is 0 Å². The van der Waals surface area contributed by atoms with Crippen LogP contribution in [0.3, 0.4) is 0 Å². The maximum atomic E-state index is 7.04. The zero-order valence-corrected chi connectivity index (χ0v) is 24.9. The van der Waals surface area contributed by atoms with Crippen LogP contribution in [0.2, 0.25) is 0 Å². The molecule has 5 aromatic rings. The first-order chi connectivity index (χ1) is 17.2. The van der Waals surface area contributed by atoms with Crippen LogP contribution in [0.15, 0.2) is 105 Å². The quantitative estimate of drug-likeness (QED) is 0.179. The van der Waals surface area contributed by atoms with Gasteiger partial charge in [-0.3, -0.25) is 0 Å². The van der Waals surface area contributed by atoms with Crippen molar-refractivity contribution in [2.24, 2.45) is 4.74 Å². The Balaban J connectivity index is 1.83. The van der Waals surface area contributed by atoms with Crippen molar-refractivity contribution in [2.45, 2.75) is 39.4 Å². The van der Waals surface area contributed by atoms with Crippen LogP contribution in [0.4, 0.5) is 5.69 Å². The van der Waals surface area contributed by atoms with Crippen molar-refractivity contribution in [3.05, 3.63) is 99.9 Å². The predicted octanol–water partition coefficient (Wildman–Crippen LogP) is 10.3. The van der Waals surface area contributed by atoms with Crippen LogP contribution in [0.5, 0.6) is 5.75 Å². The minimum absolute atomic E-state index is 0.260. The van der Waals surface area contributed by atoms with Crippen LogP contribution in [0.1, 0.15) is 27.7 Å². The second kappa shape index (κ2) is 9.85. The van der Waals surface area contributed by atoms with Gasteiger partial charge in [0.1, 0.15) is 5.75 Å². The molecule has 1 atom stereocenters. The second-order valence-electron chi connectivity index (χ2n) is 9.83. The van der Waals surface area contributed by atoms with E-state index in [2.05, 4.69) is 119 Å². The largest absolute Gasteiger partial charge is 0.455 e. The standard InChI is InChI=1S/C30H29Br2N2OP/c1-5-34-28-9-7-6-8-26(28)27-20-25(18-19-29(27)34)36(30(2,3)4,33-23-14-10-21(31)11-15-23)35-24-16-12-22(32)13-17-24/h6-20H,5H2,1-4H3/t36-/m1/s1. The van der Waals surface area contributed by atoms with Gasteiger partial charge in [-0.25, -0.2) is 4.74 Å². The molecule has 0 aliphatic carbocycles. The van der Waals surface area contributed by atoms with Crippen LogP contribution >= 0.6 is 39.1 Å². The molecule has 0 radical (unpaired) electrons. The molecule has 1 aromatic heterocycles. The lowest BCUT2D eigenvalue weighted by Gasteiger charge is -2.37. The topological polar surface area (TPSA) is 26.5 Å². The van der Waals surface area contributed by atoms with Gasteiger partial charge in [0, 0.05) is 47.8 Å². The first-order valence-electron chi connectivity index (χ1n) is 12.1. The van der Waals surface area contributed by atoms with Crippen molar-refractivity contribution in [3.8, 4) is 5.75 Å². The third-order valence-electron chi connectivity index (χ3n) is 6.47. The first kappa shape index (κ1) is 25.3. The Bertz CT molecular complexity index is 1600. The van der Waals surface area contributed by atoms with Gasteiger partial charge in [-0.2, -0.15) is 0 Å². The highest BCUT2D eigenvalue weighted by molar-refractivity contribution is 9.10. The molecule has 0 spiro atoms. The van der Waals surface area contributed by atoms with Crippen molar-refractivity contribution < 1.29 is 4.52 Å². The summed E-state index contributed by atoms with van der Waals surface area (Å²) >= 11 is 7.11. The Morgan fingerprint density at radius 3 is 2.03 bits per heavy atom. The molecule has 184 valence electrons. The average Bonchev–Trinajstić information content (AvgIpc) is 3.18. The number of benzene rings is 4. The molecule has 1 heterocycles. The smallest absolute Gasteiger partial charge is 0.173 e. The summed E-state index contributed by atoms with van der Waals surface area (Å²) in [6.07, 6.45) is 0. The summed E-state index contributed by atoms with van der Waals surface area (Å²) in [5.74, 6) is 0.818. The zero-order chi connectivity index (χ0) is 25.5. The van der Waals surface area contributed by atoms with Crippen molar-refractivity contribution in [1.29, 1.82) is 0 Å². The van der Waals surface area contributed by atoms with E-state index in [4.69, 9.17) is 9.27 Å². The molecule has 0 fully saturated rings. The molecule has 36 heavy (non-hydrogen) atoms. The molecule has 0 saturated carbocycles. The molecule has 0 amide bonds. The van der Waals surface area contributed by atoms with E-state index in [-0.39, 0.29) is 5.16 Å². The number of hydrogen-bond donors (Lipinski definition) is 0. The number of fused-ring (bicyclic) bond motifs is 3. The highest BCUT2D eigenvalue weighted by Crippen LogP contribution is 2.62. The van der Waals surface area contributed by atoms with Crippen molar-refractivity contribution in [2.75, 3.05) is 0 Å². The Kier molecular flexibility index (Phi) is 6.93. The summed E-state index contributed by atoms with van der Waals surface area (Å²) in [7, 11) is -2.60. The van der Waals surface area contributed by atoms with Gasteiger partial charge in [-0.05, 0) is 79.7 Å². The van der Waals surface area contributed by atoms with E-state index in [0.717, 1.165) is 32.2 Å². The van der Waals surface area contributed by atoms with Gasteiger partial charge >= 0.3 is 0 Å². The maximum absolute atomic E-state index is 7.04. The third kappa shape index (κ3) is 4.58. The molecule has 5 rings (SSSR count). The van der Waals surface area contributed by atoms with E-state index in [1.165, 1.54) is 21.8 Å². The van der Waals surface area contributed by atoms with E-state index in [0.29, 0.717) is 0 Å². The minimum atomic E-state index is -2.60. The molecule has 6 heteroatoms. The van der Waals surface area contributed by atoms with Crippen molar-refractivity contribution >= 4 is 71.9 Å². The van der Waals surface area contributed by atoms with Crippen molar-refractivity contribution in [1.82, 2.24) is 4.57 Å². The van der Waals surface area contributed by atoms with Gasteiger partial charge in [0.05, 0.1) is 5.69 Å². The van der Waals surface area contributed by atoms with Crippen LogP contribution in [-0.2, 0) is 6.54 Å². The monoisotopic (exact) mass is 622 g/mol. The number of aromatic nitrogens is 1. The summed E-state index contributed by atoms with van der Waals surface area (Å²) in [6, 6.07) is 31.7. The zero-order valence-electron chi connectivity index (χ0n) is 20.9. The van der Waals surface area contributed by atoms with E-state index >= 15 is 0 Å². The third-order valence-corrected chi connectivity index (χ3v) is 11.3. The summed E-state index contributed by atoms with van der Waals surface area (Å²) in [6.45, 7) is 9.83. The van der Waals surface area contributed by atoms with Crippen molar-refractivity contribution in [3.63, 3.8) is 0 Å². The average molecular weight is 624 g/mol. The first-order valence-corrected chi connectivity index (χ1v) is 15.3. The fourth-order valence-corrected chi connectivity index (χ4v) is 8.30. The van der Waals surface area contributed by atoms with Gasteiger partial charge < -0.3 is 9.09 Å². The summed E-state index contributed by atoms with van der Waals surface area (Å²) in [4.78, 5) is 0. The van der Waals surface area contributed by atoms with Gasteiger partial charge in [0.25, 0.3) is 0 Å². The van der Waals surface area contributed by atoms with Gasteiger partial charge in [-0.1, -0.05) is 70.8 Å². The second-order valence-corrected chi connectivity index (χ2v) is 15.1. The lowest BCUT2D eigenvalue weighted by Crippen LogP contribution is -2.27. The highest BCUT2D eigenvalue weighted by Gasteiger charge is 2.39. The number of aryl methyl sites for hydroxylation is 1. The highest BCUT2D eigenvalue weighted by atomic mass is 79.9. The van der Waals surface area contributed by atoms with Crippen LogP contribution in [0, 0.1) is 0 Å². The van der Waals surface area contributed by atoms with E-state index in [1.807, 2.05) is 36.4 Å². The van der Waals surface area contributed by atoms with Gasteiger partial charge in [0.2, 0.25) is 0 Å². The summed E-state index contributed by atoms with van der Waals surface area (Å²) in [5.41, 5.74) is 3.40. The van der Waals surface area contributed by atoms with Gasteiger partial charge in [0.15, 0.2) is 7.28 Å². The fourth-order valence-electron chi connectivity index (χ4n) is 4.69. The van der Waals surface area contributed by atoms with E-state index in [1.54, 1.807) is 0 Å². The molecule has 0 bridgehead atoms. The fraction of sp³-hybridized carbons (Fsp3) is 0.200. The number of halogens is 2. The van der Waals surface area contributed by atoms with E-state index < -0.39 is 7.28 Å². The molecule has 0 N–H and O–H groups in total. The Morgan fingerprint density at radius 1 is 0.778 bits per heavy atom. The molecule has 0 saturated heterocycles.